The van der Waals surface area contributed by atoms with Crippen molar-refractivity contribution in [1.82, 2.24) is 15.5 Å². The van der Waals surface area contributed by atoms with Crippen LogP contribution in [0.1, 0.15) is 41.6 Å². The molecule has 0 aliphatic rings. The number of hydrogen-bond donors (Lipinski definition) is 1. The van der Waals surface area contributed by atoms with E-state index in [1.807, 2.05) is 19.9 Å². The number of hydrogen-bond acceptors (Lipinski definition) is 4. The average Bonchev–Trinajstić information content (AvgIpc) is 3.09. The highest BCUT2D eigenvalue weighted by molar-refractivity contribution is 5.94. The van der Waals surface area contributed by atoms with Gasteiger partial charge in [-0.2, -0.15) is 0 Å². The van der Waals surface area contributed by atoms with Gasteiger partial charge in [0.25, 0.3) is 5.91 Å². The summed E-state index contributed by atoms with van der Waals surface area (Å²) in [6.07, 6.45) is 1.47. The predicted octanol–water partition coefficient (Wildman–Crippen LogP) is 3.93. The smallest absolute Gasteiger partial charge is 0.253 e. The highest BCUT2D eigenvalue weighted by Crippen LogP contribution is 2.18. The standard InChI is InChI=1S/C19H18FN3O2/c1-12(2)18-9-16(25-23-18)11-22-19(24)14-6-7-17(21-10-14)13-4-3-5-15(20)8-13/h3-10,12H,11H2,1-2H3,(H,22,24). The van der Waals surface area contributed by atoms with Crippen LogP contribution in [-0.4, -0.2) is 16.0 Å². The van der Waals surface area contributed by atoms with Crippen LogP contribution in [0.25, 0.3) is 11.3 Å². The lowest BCUT2D eigenvalue weighted by molar-refractivity contribution is 0.0946. The maximum absolute atomic E-state index is 13.3. The summed E-state index contributed by atoms with van der Waals surface area (Å²) < 4.78 is 18.5. The SMILES string of the molecule is CC(C)c1cc(CNC(=O)c2ccc(-c3cccc(F)c3)nc2)on1. The van der Waals surface area contributed by atoms with E-state index in [4.69, 9.17) is 4.52 Å². The van der Waals surface area contributed by atoms with E-state index in [0.717, 1.165) is 5.69 Å². The van der Waals surface area contributed by atoms with E-state index in [0.29, 0.717) is 22.6 Å². The van der Waals surface area contributed by atoms with Crippen LogP contribution in [0.4, 0.5) is 4.39 Å². The second-order valence-corrected chi connectivity index (χ2v) is 6.00. The summed E-state index contributed by atoms with van der Waals surface area (Å²) in [5.41, 5.74) is 2.54. The Kier molecular flexibility index (Phi) is 4.88. The molecule has 3 rings (SSSR count). The molecule has 3 aromatic rings. The van der Waals surface area contributed by atoms with E-state index in [1.165, 1.54) is 18.3 Å². The molecule has 5 nitrogen and oxygen atoms in total. The Balaban J connectivity index is 1.64. The molecular weight excluding hydrogens is 321 g/mol. The summed E-state index contributed by atoms with van der Waals surface area (Å²) in [5.74, 6) is 0.281. The van der Waals surface area contributed by atoms with Crippen molar-refractivity contribution in [3.05, 3.63) is 71.5 Å². The molecule has 6 heteroatoms. The molecule has 1 N–H and O–H groups in total. The molecule has 128 valence electrons. The van der Waals surface area contributed by atoms with Crippen molar-refractivity contribution in [2.24, 2.45) is 0 Å². The molecule has 25 heavy (non-hydrogen) atoms. The monoisotopic (exact) mass is 339 g/mol. The largest absolute Gasteiger partial charge is 0.359 e. The van der Waals surface area contributed by atoms with E-state index in [-0.39, 0.29) is 24.2 Å². The molecule has 0 radical (unpaired) electrons. The number of nitrogens with one attached hydrogen (secondary N) is 1. The van der Waals surface area contributed by atoms with Crippen LogP contribution in [-0.2, 0) is 6.54 Å². The van der Waals surface area contributed by atoms with Crippen LogP contribution in [0.3, 0.4) is 0 Å². The minimum absolute atomic E-state index is 0.254. The Morgan fingerprint density at radius 3 is 2.72 bits per heavy atom. The fourth-order valence-corrected chi connectivity index (χ4v) is 2.30. The van der Waals surface area contributed by atoms with E-state index >= 15 is 0 Å². The minimum atomic E-state index is -0.325. The number of carbonyl (C=O) groups excluding carboxylic acids is 1. The number of nitrogens with zero attached hydrogens (tertiary/aromatic N) is 2. The topological polar surface area (TPSA) is 68.0 Å². The molecule has 0 aliphatic heterocycles. The van der Waals surface area contributed by atoms with Gasteiger partial charge in [-0.05, 0) is 30.2 Å². The summed E-state index contributed by atoms with van der Waals surface area (Å²) in [7, 11) is 0. The van der Waals surface area contributed by atoms with Gasteiger partial charge in [-0.15, -0.1) is 0 Å². The molecule has 0 fully saturated rings. The molecule has 1 aromatic carbocycles. The van der Waals surface area contributed by atoms with Crippen molar-refractivity contribution in [2.75, 3.05) is 0 Å². The van der Waals surface area contributed by atoms with Crippen molar-refractivity contribution in [3.8, 4) is 11.3 Å². The maximum atomic E-state index is 13.3. The first-order valence-electron chi connectivity index (χ1n) is 7.98. The first kappa shape index (κ1) is 16.8. The number of rotatable bonds is 5. The van der Waals surface area contributed by atoms with Crippen molar-refractivity contribution in [1.29, 1.82) is 0 Å². The summed E-state index contributed by atoms with van der Waals surface area (Å²) in [4.78, 5) is 16.4. The second-order valence-electron chi connectivity index (χ2n) is 6.00. The zero-order chi connectivity index (χ0) is 17.8. The first-order chi connectivity index (χ1) is 12.0. The van der Waals surface area contributed by atoms with Crippen LogP contribution in [0.2, 0.25) is 0 Å². The molecule has 1 amide bonds. The maximum Gasteiger partial charge on any atom is 0.253 e. The van der Waals surface area contributed by atoms with Crippen molar-refractivity contribution >= 4 is 5.91 Å². The van der Waals surface area contributed by atoms with E-state index in [9.17, 15) is 9.18 Å². The lowest BCUT2D eigenvalue weighted by Gasteiger charge is -2.05. The van der Waals surface area contributed by atoms with Gasteiger partial charge in [0, 0.05) is 17.8 Å². The van der Waals surface area contributed by atoms with Crippen molar-refractivity contribution in [3.63, 3.8) is 0 Å². The molecule has 0 atom stereocenters. The van der Waals surface area contributed by atoms with E-state index in [1.54, 1.807) is 24.3 Å². The number of halogens is 1. The summed E-state index contributed by atoms with van der Waals surface area (Å²) >= 11 is 0. The third-order valence-electron chi connectivity index (χ3n) is 3.74. The minimum Gasteiger partial charge on any atom is -0.359 e. The van der Waals surface area contributed by atoms with Crippen molar-refractivity contribution in [2.45, 2.75) is 26.3 Å². The quantitative estimate of drug-likeness (QED) is 0.765. The first-order valence-corrected chi connectivity index (χ1v) is 7.98. The fourth-order valence-electron chi connectivity index (χ4n) is 2.30. The predicted molar refractivity (Wildman–Crippen MR) is 91.4 cm³/mol. The van der Waals surface area contributed by atoms with Gasteiger partial charge >= 0.3 is 0 Å². The van der Waals surface area contributed by atoms with Gasteiger partial charge < -0.3 is 9.84 Å². The van der Waals surface area contributed by atoms with Crippen LogP contribution in [0.5, 0.6) is 0 Å². The van der Waals surface area contributed by atoms with Crippen LogP contribution < -0.4 is 5.32 Å². The molecule has 0 spiro atoms. The Hall–Kier alpha value is -3.02. The lowest BCUT2D eigenvalue weighted by atomic mass is 10.1. The molecule has 0 unspecified atom stereocenters. The zero-order valence-electron chi connectivity index (χ0n) is 14.0. The number of benzene rings is 1. The zero-order valence-corrected chi connectivity index (χ0v) is 14.0. The molecular formula is C19H18FN3O2. The highest BCUT2D eigenvalue weighted by Gasteiger charge is 2.11. The Morgan fingerprint density at radius 1 is 1.24 bits per heavy atom. The van der Waals surface area contributed by atoms with E-state index in [2.05, 4.69) is 15.5 Å². The second kappa shape index (κ2) is 7.25. The summed E-state index contributed by atoms with van der Waals surface area (Å²) in [5, 5.41) is 6.71. The fraction of sp³-hybridized carbons (Fsp3) is 0.211. The van der Waals surface area contributed by atoms with Crippen LogP contribution >= 0.6 is 0 Å². The Labute approximate surface area is 144 Å². The summed E-state index contributed by atoms with van der Waals surface area (Å²) in [6, 6.07) is 11.3. The number of amides is 1. The molecule has 0 saturated heterocycles. The molecule has 0 aliphatic carbocycles. The van der Waals surface area contributed by atoms with Crippen LogP contribution in [0.15, 0.2) is 53.2 Å². The molecule has 0 bridgehead atoms. The van der Waals surface area contributed by atoms with Crippen molar-refractivity contribution < 1.29 is 13.7 Å². The van der Waals surface area contributed by atoms with Gasteiger partial charge in [-0.25, -0.2) is 4.39 Å². The van der Waals surface area contributed by atoms with Gasteiger partial charge in [-0.3, -0.25) is 9.78 Å². The Morgan fingerprint density at radius 2 is 2.08 bits per heavy atom. The van der Waals surface area contributed by atoms with Gasteiger partial charge in [-0.1, -0.05) is 31.1 Å². The third kappa shape index (κ3) is 4.09. The molecule has 2 heterocycles. The Bertz CT molecular complexity index is 872. The lowest BCUT2D eigenvalue weighted by Crippen LogP contribution is -2.22. The highest BCUT2D eigenvalue weighted by atomic mass is 19.1. The third-order valence-corrected chi connectivity index (χ3v) is 3.74. The molecule has 0 saturated carbocycles. The van der Waals surface area contributed by atoms with Gasteiger partial charge in [0.15, 0.2) is 5.76 Å². The average molecular weight is 339 g/mol. The summed E-state index contributed by atoms with van der Waals surface area (Å²) in [6.45, 7) is 4.29. The number of aromatic nitrogens is 2. The van der Waals surface area contributed by atoms with Crippen LogP contribution in [0, 0.1) is 5.82 Å². The number of pyridine rings is 1. The molecule has 2 aromatic heterocycles. The van der Waals surface area contributed by atoms with E-state index < -0.39 is 0 Å². The van der Waals surface area contributed by atoms with Gasteiger partial charge in [0.05, 0.1) is 23.5 Å². The number of carbonyl (C=O) groups is 1. The normalized spacial score (nSPS) is 10.9. The van der Waals surface area contributed by atoms with Gasteiger partial charge in [0.1, 0.15) is 5.82 Å². The van der Waals surface area contributed by atoms with Gasteiger partial charge in [0.2, 0.25) is 0 Å².